The van der Waals surface area contributed by atoms with Gasteiger partial charge in [0.25, 0.3) is 11.8 Å². The standard InChI is InChI=1S/C24H21FN2O4/c1-16(31-22(28)15-26-24(30)18-10-7-11-19(25)14-18)23(29)27-21-13-6-5-12-20(21)17-8-3-2-4-9-17/h2-14,16H,15H2,1H3,(H,26,30)(H,27,29)/t16-/m1/s1. The number of amides is 2. The van der Waals surface area contributed by atoms with Gasteiger partial charge in [0, 0.05) is 16.8 Å². The number of para-hydroxylation sites is 1. The summed E-state index contributed by atoms with van der Waals surface area (Å²) in [7, 11) is 0. The van der Waals surface area contributed by atoms with Crippen molar-refractivity contribution in [3.63, 3.8) is 0 Å². The Labute approximate surface area is 179 Å². The number of hydrogen-bond donors (Lipinski definition) is 2. The Morgan fingerprint density at radius 2 is 1.65 bits per heavy atom. The highest BCUT2D eigenvalue weighted by Crippen LogP contribution is 2.27. The summed E-state index contributed by atoms with van der Waals surface area (Å²) in [5, 5.41) is 5.10. The lowest BCUT2D eigenvalue weighted by atomic mass is 10.0. The number of halogens is 1. The number of rotatable bonds is 7. The number of carbonyl (C=O) groups excluding carboxylic acids is 3. The van der Waals surface area contributed by atoms with E-state index in [1.165, 1.54) is 25.1 Å². The van der Waals surface area contributed by atoms with Gasteiger partial charge in [0.15, 0.2) is 6.10 Å². The molecule has 158 valence electrons. The van der Waals surface area contributed by atoms with Crippen LogP contribution in [-0.2, 0) is 14.3 Å². The molecule has 0 heterocycles. The zero-order valence-electron chi connectivity index (χ0n) is 16.8. The monoisotopic (exact) mass is 420 g/mol. The highest BCUT2D eigenvalue weighted by Gasteiger charge is 2.20. The molecule has 31 heavy (non-hydrogen) atoms. The maximum absolute atomic E-state index is 13.2. The molecule has 0 spiro atoms. The molecule has 0 fully saturated rings. The Bertz CT molecular complexity index is 1090. The van der Waals surface area contributed by atoms with Crippen molar-refractivity contribution in [1.29, 1.82) is 0 Å². The van der Waals surface area contributed by atoms with Crippen LogP contribution in [0, 0.1) is 5.82 Å². The normalized spacial score (nSPS) is 11.3. The first kappa shape index (κ1) is 21.7. The van der Waals surface area contributed by atoms with Crippen molar-refractivity contribution in [2.45, 2.75) is 13.0 Å². The Balaban J connectivity index is 1.55. The molecule has 0 aliphatic rings. The molecule has 0 bridgehead atoms. The topological polar surface area (TPSA) is 84.5 Å². The van der Waals surface area contributed by atoms with E-state index >= 15 is 0 Å². The third kappa shape index (κ3) is 5.99. The number of nitrogens with one attached hydrogen (secondary N) is 2. The lowest BCUT2D eigenvalue weighted by Crippen LogP contribution is -2.35. The second-order valence-corrected chi connectivity index (χ2v) is 6.73. The van der Waals surface area contributed by atoms with Crippen molar-refractivity contribution >= 4 is 23.5 Å². The number of carbonyl (C=O) groups is 3. The van der Waals surface area contributed by atoms with Gasteiger partial charge in [-0.2, -0.15) is 0 Å². The molecular weight excluding hydrogens is 399 g/mol. The summed E-state index contributed by atoms with van der Waals surface area (Å²) in [6.07, 6.45) is -1.08. The molecule has 1 atom stereocenters. The van der Waals surface area contributed by atoms with Crippen LogP contribution in [0.25, 0.3) is 11.1 Å². The largest absolute Gasteiger partial charge is 0.451 e. The molecule has 7 heteroatoms. The second-order valence-electron chi connectivity index (χ2n) is 6.73. The summed E-state index contributed by atoms with van der Waals surface area (Å²) in [4.78, 5) is 36.5. The van der Waals surface area contributed by atoms with Crippen LogP contribution in [0.1, 0.15) is 17.3 Å². The predicted molar refractivity (Wildman–Crippen MR) is 115 cm³/mol. The third-order valence-corrected chi connectivity index (χ3v) is 4.43. The van der Waals surface area contributed by atoms with E-state index in [4.69, 9.17) is 4.74 Å². The summed E-state index contributed by atoms with van der Waals surface area (Å²) >= 11 is 0. The average molecular weight is 420 g/mol. The number of hydrogen-bond acceptors (Lipinski definition) is 4. The van der Waals surface area contributed by atoms with E-state index in [9.17, 15) is 18.8 Å². The van der Waals surface area contributed by atoms with Crippen molar-refractivity contribution in [1.82, 2.24) is 5.32 Å². The van der Waals surface area contributed by atoms with Gasteiger partial charge in [0.1, 0.15) is 12.4 Å². The van der Waals surface area contributed by atoms with Crippen molar-refractivity contribution in [3.05, 3.63) is 90.2 Å². The van der Waals surface area contributed by atoms with E-state index in [1.807, 2.05) is 42.5 Å². The molecule has 0 aliphatic carbocycles. The fourth-order valence-electron chi connectivity index (χ4n) is 2.87. The molecule has 0 aliphatic heterocycles. The minimum absolute atomic E-state index is 0.0797. The Kier molecular flexibility index (Phi) is 7.11. The Morgan fingerprint density at radius 3 is 2.39 bits per heavy atom. The Hall–Kier alpha value is -4.00. The molecule has 3 aromatic rings. The minimum atomic E-state index is -1.08. The van der Waals surface area contributed by atoms with Gasteiger partial charge < -0.3 is 15.4 Å². The van der Waals surface area contributed by atoms with Crippen molar-refractivity contribution < 1.29 is 23.5 Å². The molecule has 0 radical (unpaired) electrons. The van der Waals surface area contributed by atoms with Crippen LogP contribution in [0.15, 0.2) is 78.9 Å². The van der Waals surface area contributed by atoms with Gasteiger partial charge >= 0.3 is 5.97 Å². The molecule has 6 nitrogen and oxygen atoms in total. The molecular formula is C24H21FN2O4. The van der Waals surface area contributed by atoms with Gasteiger partial charge in [-0.25, -0.2) is 4.39 Å². The summed E-state index contributed by atoms with van der Waals surface area (Å²) < 4.78 is 18.3. The first-order valence-corrected chi connectivity index (χ1v) is 9.62. The number of ether oxygens (including phenoxy) is 1. The maximum atomic E-state index is 13.2. The minimum Gasteiger partial charge on any atom is -0.451 e. The molecule has 3 rings (SSSR count). The second kappa shape index (κ2) is 10.2. The highest BCUT2D eigenvalue weighted by atomic mass is 19.1. The van der Waals surface area contributed by atoms with Crippen LogP contribution >= 0.6 is 0 Å². The van der Waals surface area contributed by atoms with Gasteiger partial charge in [0.2, 0.25) is 0 Å². The van der Waals surface area contributed by atoms with Gasteiger partial charge in [-0.15, -0.1) is 0 Å². The van der Waals surface area contributed by atoms with Gasteiger partial charge in [-0.3, -0.25) is 14.4 Å². The van der Waals surface area contributed by atoms with E-state index in [-0.39, 0.29) is 5.56 Å². The van der Waals surface area contributed by atoms with E-state index in [0.717, 1.165) is 17.2 Å². The van der Waals surface area contributed by atoms with E-state index in [0.29, 0.717) is 5.69 Å². The van der Waals surface area contributed by atoms with Crippen LogP contribution in [0.5, 0.6) is 0 Å². The third-order valence-electron chi connectivity index (χ3n) is 4.43. The van der Waals surface area contributed by atoms with Crippen molar-refractivity contribution in [2.75, 3.05) is 11.9 Å². The Morgan fingerprint density at radius 1 is 0.935 bits per heavy atom. The van der Waals surface area contributed by atoms with Gasteiger partial charge in [0.05, 0.1) is 0 Å². The van der Waals surface area contributed by atoms with Crippen LogP contribution in [0.3, 0.4) is 0 Å². The molecule has 0 unspecified atom stereocenters. The summed E-state index contributed by atoms with van der Waals surface area (Å²) in [5.74, 6) is -2.47. The highest BCUT2D eigenvalue weighted by molar-refractivity contribution is 5.99. The van der Waals surface area contributed by atoms with Crippen LogP contribution < -0.4 is 10.6 Å². The number of esters is 1. The van der Waals surface area contributed by atoms with Crippen LogP contribution in [0.4, 0.5) is 10.1 Å². The summed E-state index contributed by atoms with van der Waals surface area (Å²) in [5.41, 5.74) is 2.43. The molecule has 2 N–H and O–H groups in total. The predicted octanol–water partition coefficient (Wildman–Crippen LogP) is 3.79. The van der Waals surface area contributed by atoms with E-state index in [2.05, 4.69) is 10.6 Å². The van der Waals surface area contributed by atoms with E-state index in [1.54, 1.807) is 12.1 Å². The summed E-state index contributed by atoms with van der Waals surface area (Å²) in [6, 6.07) is 21.9. The molecule has 2 amide bonds. The van der Waals surface area contributed by atoms with Crippen molar-refractivity contribution in [2.24, 2.45) is 0 Å². The first-order chi connectivity index (χ1) is 14.9. The number of benzene rings is 3. The van der Waals surface area contributed by atoms with Gasteiger partial charge in [-0.05, 0) is 36.8 Å². The smallest absolute Gasteiger partial charge is 0.326 e. The van der Waals surface area contributed by atoms with Crippen LogP contribution in [-0.4, -0.2) is 30.4 Å². The maximum Gasteiger partial charge on any atom is 0.326 e. The van der Waals surface area contributed by atoms with Gasteiger partial charge in [-0.1, -0.05) is 54.6 Å². The SMILES string of the molecule is C[C@@H](OC(=O)CNC(=O)c1cccc(F)c1)C(=O)Nc1ccccc1-c1ccccc1. The molecule has 0 saturated carbocycles. The average Bonchev–Trinajstić information content (AvgIpc) is 2.78. The molecule has 3 aromatic carbocycles. The fraction of sp³-hybridized carbons (Fsp3) is 0.125. The van der Waals surface area contributed by atoms with E-state index < -0.39 is 36.2 Å². The lowest BCUT2D eigenvalue weighted by molar-refractivity contribution is -0.152. The zero-order chi connectivity index (χ0) is 22.2. The molecule has 0 aromatic heterocycles. The molecule has 0 saturated heterocycles. The first-order valence-electron chi connectivity index (χ1n) is 9.62. The van der Waals surface area contributed by atoms with Crippen LogP contribution in [0.2, 0.25) is 0 Å². The zero-order valence-corrected chi connectivity index (χ0v) is 16.8. The fourth-order valence-corrected chi connectivity index (χ4v) is 2.87. The quantitative estimate of drug-likeness (QED) is 0.570. The number of anilines is 1. The summed E-state index contributed by atoms with van der Waals surface area (Å²) in [6.45, 7) is 0.986. The lowest BCUT2D eigenvalue weighted by Gasteiger charge is -2.16. The van der Waals surface area contributed by atoms with Crippen molar-refractivity contribution in [3.8, 4) is 11.1 Å².